The molecule has 37 heavy (non-hydrogen) atoms. The summed E-state index contributed by atoms with van der Waals surface area (Å²) in [4.78, 5) is 72.0. The number of aromatic nitrogens is 2. The van der Waals surface area contributed by atoms with Crippen LogP contribution in [-0.4, -0.2) is 81.3 Å². The number of H-pyrrole nitrogens is 1. The highest BCUT2D eigenvalue weighted by atomic mass is 16.4. The number of guanidine groups is 1. The number of aliphatic carboxylic acids is 1. The monoisotopic (exact) mass is 524 g/mol. The van der Waals surface area contributed by atoms with Gasteiger partial charge in [-0.2, -0.15) is 0 Å². The fourth-order valence-corrected chi connectivity index (χ4v) is 3.11. The van der Waals surface area contributed by atoms with Crippen molar-refractivity contribution in [3.05, 3.63) is 18.2 Å². The molecule has 0 saturated carbocycles. The molecule has 4 amide bonds. The van der Waals surface area contributed by atoms with Gasteiger partial charge in [0.2, 0.25) is 23.6 Å². The van der Waals surface area contributed by atoms with Gasteiger partial charge in [0.05, 0.1) is 18.8 Å². The minimum atomic E-state index is -1.51. The van der Waals surface area contributed by atoms with Crippen molar-refractivity contribution in [3.63, 3.8) is 0 Å². The number of carbonyl (C=O) groups excluding carboxylic acids is 4. The van der Waals surface area contributed by atoms with E-state index in [1.807, 2.05) is 0 Å². The summed E-state index contributed by atoms with van der Waals surface area (Å²) >= 11 is 0. The number of nitrogens with two attached hydrogens (primary N) is 4. The summed E-state index contributed by atoms with van der Waals surface area (Å²) in [5, 5.41) is 16.7. The predicted molar refractivity (Wildman–Crippen MR) is 132 cm³/mol. The van der Waals surface area contributed by atoms with E-state index in [0.717, 1.165) is 0 Å². The van der Waals surface area contributed by atoms with Gasteiger partial charge >= 0.3 is 5.97 Å². The van der Waals surface area contributed by atoms with Crippen LogP contribution in [0.2, 0.25) is 0 Å². The van der Waals surface area contributed by atoms with E-state index in [4.69, 9.17) is 22.9 Å². The van der Waals surface area contributed by atoms with Gasteiger partial charge in [-0.3, -0.25) is 24.2 Å². The third-order valence-electron chi connectivity index (χ3n) is 5.23. The Morgan fingerprint density at radius 2 is 1.59 bits per heavy atom. The lowest BCUT2D eigenvalue weighted by Gasteiger charge is -2.25. The number of rotatable bonds is 16. The Morgan fingerprint density at radius 3 is 2.11 bits per heavy atom. The fourth-order valence-electron chi connectivity index (χ4n) is 3.11. The second-order valence-corrected chi connectivity index (χ2v) is 8.69. The Labute approximate surface area is 213 Å². The second-order valence-electron chi connectivity index (χ2n) is 8.69. The fraction of sp³-hybridized carbons (Fsp3) is 0.571. The first-order valence-electron chi connectivity index (χ1n) is 11.5. The van der Waals surface area contributed by atoms with Crippen LogP contribution in [0.3, 0.4) is 0 Å². The SMILES string of the molecule is CC(C)C(N)C(=O)NC(CCCN=C(N)N)C(=O)NC(CC(N)=O)C(=O)NC(Cc1cnc[nH]1)C(=O)O. The van der Waals surface area contributed by atoms with Gasteiger partial charge in [-0.15, -0.1) is 0 Å². The molecule has 0 fully saturated rings. The third-order valence-corrected chi connectivity index (χ3v) is 5.23. The number of carboxylic acid groups (broad SMARTS) is 1. The maximum absolute atomic E-state index is 13.1. The Kier molecular flexibility index (Phi) is 12.5. The quantitative estimate of drug-likeness (QED) is 0.0581. The minimum Gasteiger partial charge on any atom is -0.480 e. The van der Waals surface area contributed by atoms with Crippen LogP contribution < -0.4 is 38.9 Å². The molecule has 0 radical (unpaired) electrons. The van der Waals surface area contributed by atoms with Crippen LogP contribution in [0.15, 0.2) is 17.5 Å². The minimum absolute atomic E-state index is 0.0711. The van der Waals surface area contributed by atoms with Gasteiger partial charge in [-0.05, 0) is 18.8 Å². The van der Waals surface area contributed by atoms with E-state index in [9.17, 15) is 29.1 Å². The molecule has 13 N–H and O–H groups in total. The molecule has 0 aliphatic carbocycles. The van der Waals surface area contributed by atoms with Gasteiger partial charge in [0.1, 0.15) is 18.1 Å². The summed E-state index contributed by atoms with van der Waals surface area (Å²) in [6, 6.07) is -4.96. The Morgan fingerprint density at radius 1 is 1.00 bits per heavy atom. The zero-order chi connectivity index (χ0) is 28.1. The number of carbonyl (C=O) groups is 5. The van der Waals surface area contributed by atoms with Crippen LogP contribution in [-0.2, 0) is 30.4 Å². The lowest BCUT2D eigenvalue weighted by atomic mass is 10.0. The van der Waals surface area contributed by atoms with Crippen LogP contribution in [0.5, 0.6) is 0 Å². The molecule has 0 aliphatic heterocycles. The third kappa shape index (κ3) is 11.4. The lowest BCUT2D eigenvalue weighted by molar-refractivity contribution is -0.142. The maximum Gasteiger partial charge on any atom is 0.326 e. The van der Waals surface area contributed by atoms with Gasteiger partial charge in [-0.25, -0.2) is 9.78 Å². The van der Waals surface area contributed by atoms with Gasteiger partial charge in [0.15, 0.2) is 5.96 Å². The van der Waals surface area contributed by atoms with Crippen LogP contribution in [0.25, 0.3) is 0 Å². The molecule has 0 saturated heterocycles. The number of nitrogens with one attached hydrogen (secondary N) is 4. The Bertz CT molecular complexity index is 961. The molecule has 1 rings (SSSR count). The molecular weight excluding hydrogens is 488 g/mol. The van der Waals surface area contributed by atoms with Crippen molar-refractivity contribution < 1.29 is 29.1 Å². The first-order valence-corrected chi connectivity index (χ1v) is 11.5. The van der Waals surface area contributed by atoms with Crippen molar-refractivity contribution in [1.82, 2.24) is 25.9 Å². The van der Waals surface area contributed by atoms with Crippen LogP contribution in [0.1, 0.15) is 38.8 Å². The van der Waals surface area contributed by atoms with Gasteiger partial charge in [-0.1, -0.05) is 13.8 Å². The van der Waals surface area contributed by atoms with Gasteiger partial charge in [0.25, 0.3) is 0 Å². The van der Waals surface area contributed by atoms with E-state index in [2.05, 4.69) is 30.9 Å². The molecule has 0 bridgehead atoms. The lowest BCUT2D eigenvalue weighted by Crippen LogP contribution is -2.58. The molecule has 0 aliphatic rings. The largest absolute Gasteiger partial charge is 0.480 e. The predicted octanol–water partition coefficient (Wildman–Crippen LogP) is -3.60. The zero-order valence-corrected chi connectivity index (χ0v) is 20.8. The number of imidazole rings is 1. The molecule has 1 aromatic heterocycles. The van der Waals surface area contributed by atoms with E-state index < -0.39 is 60.2 Å². The summed E-state index contributed by atoms with van der Waals surface area (Å²) in [7, 11) is 0. The summed E-state index contributed by atoms with van der Waals surface area (Å²) in [5.41, 5.74) is 22.1. The first-order chi connectivity index (χ1) is 17.3. The number of carboxylic acids is 1. The summed E-state index contributed by atoms with van der Waals surface area (Å²) < 4.78 is 0. The van der Waals surface area contributed by atoms with Crippen molar-refractivity contribution in [1.29, 1.82) is 0 Å². The molecule has 0 aromatic carbocycles. The summed E-state index contributed by atoms with van der Waals surface area (Å²) in [6.45, 7) is 3.62. The smallest absolute Gasteiger partial charge is 0.326 e. The topological polar surface area (TPSA) is 287 Å². The highest BCUT2D eigenvalue weighted by Gasteiger charge is 2.31. The molecule has 4 atom stereocenters. The van der Waals surface area contributed by atoms with Gasteiger partial charge < -0.3 is 49.0 Å². The Balaban J connectivity index is 3.02. The number of amides is 4. The number of hydrogen-bond acceptors (Lipinski definition) is 8. The van der Waals surface area contributed by atoms with Crippen molar-refractivity contribution in [2.24, 2.45) is 33.8 Å². The van der Waals surface area contributed by atoms with E-state index in [1.165, 1.54) is 12.5 Å². The average Bonchev–Trinajstić information content (AvgIpc) is 3.31. The highest BCUT2D eigenvalue weighted by molar-refractivity contribution is 5.96. The number of nitrogens with zero attached hydrogens (tertiary/aromatic N) is 2. The van der Waals surface area contributed by atoms with E-state index in [1.54, 1.807) is 13.8 Å². The molecular formula is C21H36N10O6. The maximum atomic E-state index is 13.1. The highest BCUT2D eigenvalue weighted by Crippen LogP contribution is 2.06. The van der Waals surface area contributed by atoms with E-state index in [0.29, 0.717) is 5.69 Å². The number of primary amides is 1. The number of aliphatic imine (C=N–C) groups is 1. The zero-order valence-electron chi connectivity index (χ0n) is 20.8. The first kappa shape index (κ1) is 30.8. The van der Waals surface area contributed by atoms with Crippen molar-refractivity contribution in [3.8, 4) is 0 Å². The average molecular weight is 525 g/mol. The molecule has 16 nitrogen and oxygen atoms in total. The standard InChI is InChI=1S/C21H36N10O6/c1-10(2)16(23)19(35)29-12(4-3-5-27-21(24)25)17(33)30-13(7-15(22)32)18(34)31-14(20(36)37)6-11-8-26-9-28-11/h8-10,12-14,16H,3-7,23H2,1-2H3,(H2,22,32)(H,26,28)(H,29,35)(H,30,33)(H,31,34)(H,36,37)(H4,24,25,27). The van der Waals surface area contributed by atoms with Gasteiger partial charge in [0, 0.05) is 24.9 Å². The summed E-state index contributed by atoms with van der Waals surface area (Å²) in [5.74, 6) is -5.00. The number of aromatic amines is 1. The van der Waals surface area contributed by atoms with Crippen molar-refractivity contribution in [2.75, 3.05) is 6.54 Å². The normalized spacial score (nSPS) is 14.1. The van der Waals surface area contributed by atoms with Crippen LogP contribution in [0.4, 0.5) is 0 Å². The molecule has 4 unspecified atom stereocenters. The molecule has 1 heterocycles. The van der Waals surface area contributed by atoms with E-state index >= 15 is 0 Å². The van der Waals surface area contributed by atoms with Crippen molar-refractivity contribution in [2.45, 2.75) is 63.7 Å². The molecule has 0 spiro atoms. The summed E-state index contributed by atoms with van der Waals surface area (Å²) in [6.07, 6.45) is 2.34. The van der Waals surface area contributed by atoms with Crippen LogP contribution >= 0.6 is 0 Å². The van der Waals surface area contributed by atoms with E-state index in [-0.39, 0.29) is 37.7 Å². The number of hydrogen-bond donors (Lipinski definition) is 9. The molecule has 1 aromatic rings. The van der Waals surface area contributed by atoms with Crippen molar-refractivity contribution >= 4 is 35.6 Å². The second kappa shape index (κ2) is 15.0. The molecule has 16 heteroatoms. The Hall–Kier alpha value is -4.21. The molecule has 206 valence electrons. The van der Waals surface area contributed by atoms with Crippen LogP contribution in [0, 0.1) is 5.92 Å².